The summed E-state index contributed by atoms with van der Waals surface area (Å²) >= 11 is 0. The quantitative estimate of drug-likeness (QED) is 0.403. The van der Waals surface area contributed by atoms with Gasteiger partial charge in [0, 0.05) is 6.21 Å². The minimum absolute atomic E-state index is 0.391. The number of hydrazone groups is 1. The van der Waals surface area contributed by atoms with Crippen LogP contribution < -0.4 is 11.2 Å². The molecule has 1 heterocycles. The standard InChI is InChI=1S/C3H6N4/c4-3-5-1-2-6-7-3/h2H,1H2,(H3,4,5,7). The van der Waals surface area contributed by atoms with Gasteiger partial charge in [-0.05, 0) is 0 Å². The lowest BCUT2D eigenvalue weighted by Crippen LogP contribution is -2.30. The van der Waals surface area contributed by atoms with Crippen molar-refractivity contribution in [3.63, 3.8) is 0 Å². The van der Waals surface area contributed by atoms with Crippen LogP contribution in [0.2, 0.25) is 0 Å². The van der Waals surface area contributed by atoms with E-state index in [4.69, 9.17) is 5.73 Å². The molecule has 0 unspecified atom stereocenters. The third kappa shape index (κ3) is 0.887. The zero-order chi connectivity index (χ0) is 5.11. The van der Waals surface area contributed by atoms with E-state index >= 15 is 0 Å². The molecule has 1 rings (SSSR count). The van der Waals surface area contributed by atoms with Gasteiger partial charge in [-0.15, -0.1) is 0 Å². The summed E-state index contributed by atoms with van der Waals surface area (Å²) in [6, 6.07) is 0. The third-order valence-corrected chi connectivity index (χ3v) is 0.614. The van der Waals surface area contributed by atoms with Crippen molar-refractivity contribution in [2.45, 2.75) is 0 Å². The van der Waals surface area contributed by atoms with Crippen molar-refractivity contribution in [3.8, 4) is 0 Å². The van der Waals surface area contributed by atoms with E-state index in [1.54, 1.807) is 6.21 Å². The summed E-state index contributed by atoms with van der Waals surface area (Å²) in [6.07, 6.45) is 1.65. The highest BCUT2D eigenvalue weighted by Gasteiger charge is 1.88. The van der Waals surface area contributed by atoms with Crippen LogP contribution in [0.1, 0.15) is 0 Å². The Hall–Kier alpha value is -1.06. The van der Waals surface area contributed by atoms with Gasteiger partial charge < -0.3 is 5.73 Å². The second-order valence-electron chi connectivity index (χ2n) is 1.15. The second kappa shape index (κ2) is 1.59. The number of guanidine groups is 1. The summed E-state index contributed by atoms with van der Waals surface area (Å²) in [5, 5.41) is 3.63. The van der Waals surface area contributed by atoms with Gasteiger partial charge in [-0.3, -0.25) is 0 Å². The van der Waals surface area contributed by atoms with Crippen molar-refractivity contribution in [3.05, 3.63) is 0 Å². The summed E-state index contributed by atoms with van der Waals surface area (Å²) in [5.41, 5.74) is 7.64. The van der Waals surface area contributed by atoms with Crippen molar-refractivity contribution in [2.75, 3.05) is 6.54 Å². The molecule has 0 spiro atoms. The maximum absolute atomic E-state index is 5.16. The van der Waals surface area contributed by atoms with E-state index in [-0.39, 0.29) is 0 Å². The van der Waals surface area contributed by atoms with Crippen LogP contribution in [-0.4, -0.2) is 18.7 Å². The Labute approximate surface area is 41.1 Å². The van der Waals surface area contributed by atoms with Gasteiger partial charge in [0.2, 0.25) is 5.96 Å². The minimum Gasteiger partial charge on any atom is -0.369 e. The van der Waals surface area contributed by atoms with Crippen molar-refractivity contribution >= 4 is 12.2 Å². The number of hydrogen-bond donors (Lipinski definition) is 2. The fourth-order valence-corrected chi connectivity index (χ4v) is 0.327. The molecule has 0 atom stereocenters. The van der Waals surface area contributed by atoms with E-state index in [0.717, 1.165) is 0 Å². The summed E-state index contributed by atoms with van der Waals surface area (Å²) in [5.74, 6) is 0.391. The van der Waals surface area contributed by atoms with Gasteiger partial charge in [-0.1, -0.05) is 0 Å². The first kappa shape index (κ1) is 4.11. The molecule has 38 valence electrons. The molecule has 0 aromatic rings. The predicted molar refractivity (Wildman–Crippen MR) is 28.1 cm³/mol. The molecule has 3 N–H and O–H groups in total. The minimum atomic E-state index is 0.391. The highest BCUT2D eigenvalue weighted by Crippen LogP contribution is 1.71. The molecule has 0 radical (unpaired) electrons. The smallest absolute Gasteiger partial charge is 0.209 e. The van der Waals surface area contributed by atoms with Crippen molar-refractivity contribution in [1.82, 2.24) is 5.43 Å². The van der Waals surface area contributed by atoms with Gasteiger partial charge in [0.1, 0.15) is 0 Å². The van der Waals surface area contributed by atoms with E-state index < -0.39 is 0 Å². The van der Waals surface area contributed by atoms with Crippen LogP contribution in [0, 0.1) is 0 Å². The molecule has 4 heteroatoms. The zero-order valence-corrected chi connectivity index (χ0v) is 3.76. The van der Waals surface area contributed by atoms with Gasteiger partial charge >= 0.3 is 0 Å². The van der Waals surface area contributed by atoms with E-state index in [1.807, 2.05) is 0 Å². The fraction of sp³-hybridized carbons (Fsp3) is 0.333. The Morgan fingerprint density at radius 2 is 2.71 bits per heavy atom. The Morgan fingerprint density at radius 1 is 1.86 bits per heavy atom. The number of rotatable bonds is 0. The molecule has 0 fully saturated rings. The second-order valence-corrected chi connectivity index (χ2v) is 1.15. The van der Waals surface area contributed by atoms with E-state index in [0.29, 0.717) is 12.5 Å². The van der Waals surface area contributed by atoms with Gasteiger partial charge in [0.15, 0.2) is 0 Å². The molecule has 0 amide bonds. The van der Waals surface area contributed by atoms with Crippen LogP contribution in [0.4, 0.5) is 0 Å². The lowest BCUT2D eigenvalue weighted by molar-refractivity contribution is 0.968. The number of hydrogen-bond acceptors (Lipinski definition) is 4. The van der Waals surface area contributed by atoms with E-state index in [1.165, 1.54) is 0 Å². The van der Waals surface area contributed by atoms with E-state index in [2.05, 4.69) is 15.5 Å². The van der Waals surface area contributed by atoms with Crippen molar-refractivity contribution in [1.29, 1.82) is 0 Å². The van der Waals surface area contributed by atoms with Gasteiger partial charge in [0.05, 0.1) is 6.54 Å². The first-order valence-electron chi connectivity index (χ1n) is 1.97. The number of nitrogens with zero attached hydrogens (tertiary/aromatic N) is 2. The van der Waals surface area contributed by atoms with Crippen LogP contribution >= 0.6 is 0 Å². The lowest BCUT2D eigenvalue weighted by atomic mass is 10.7. The van der Waals surface area contributed by atoms with Crippen LogP contribution in [0.15, 0.2) is 10.1 Å². The summed E-state index contributed by atoms with van der Waals surface area (Å²) < 4.78 is 0. The number of nitrogens with one attached hydrogen (secondary N) is 1. The Bertz CT molecular complexity index is 114. The van der Waals surface area contributed by atoms with Crippen LogP contribution in [0.5, 0.6) is 0 Å². The first-order valence-corrected chi connectivity index (χ1v) is 1.97. The fourth-order valence-electron chi connectivity index (χ4n) is 0.327. The van der Waals surface area contributed by atoms with Crippen LogP contribution in [0.3, 0.4) is 0 Å². The van der Waals surface area contributed by atoms with Crippen LogP contribution in [0.25, 0.3) is 0 Å². The monoisotopic (exact) mass is 98.1 g/mol. The Balaban J connectivity index is 2.50. The highest BCUT2D eigenvalue weighted by atomic mass is 15.4. The molecular formula is C3H6N4. The van der Waals surface area contributed by atoms with Gasteiger partial charge in [-0.25, -0.2) is 10.4 Å². The molecule has 4 nitrogen and oxygen atoms in total. The molecule has 7 heavy (non-hydrogen) atoms. The van der Waals surface area contributed by atoms with Crippen molar-refractivity contribution in [2.24, 2.45) is 15.8 Å². The molecule has 1 aliphatic heterocycles. The molecule has 0 aromatic carbocycles. The number of nitrogens with two attached hydrogens (primary N) is 1. The van der Waals surface area contributed by atoms with Gasteiger partial charge in [0.25, 0.3) is 0 Å². The van der Waals surface area contributed by atoms with E-state index in [9.17, 15) is 0 Å². The molecular weight excluding hydrogens is 92.1 g/mol. The largest absolute Gasteiger partial charge is 0.369 e. The summed E-state index contributed by atoms with van der Waals surface area (Å²) in [4.78, 5) is 3.76. The van der Waals surface area contributed by atoms with Crippen molar-refractivity contribution < 1.29 is 0 Å². The lowest BCUT2D eigenvalue weighted by Gasteiger charge is -2.00. The summed E-state index contributed by atoms with van der Waals surface area (Å²) in [7, 11) is 0. The third-order valence-electron chi connectivity index (χ3n) is 0.614. The maximum atomic E-state index is 5.16. The predicted octanol–water partition coefficient (Wildman–Crippen LogP) is -1.11. The normalized spacial score (nSPS) is 18.0. The summed E-state index contributed by atoms with van der Waals surface area (Å²) in [6.45, 7) is 0.596. The zero-order valence-electron chi connectivity index (χ0n) is 3.76. The SMILES string of the molecule is NC1=NCC=NN1. The average Bonchev–Trinajstić information content (AvgIpc) is 1.69. The molecule has 1 aliphatic rings. The molecule has 0 aromatic heterocycles. The molecule has 0 saturated carbocycles. The maximum Gasteiger partial charge on any atom is 0.209 e. The molecule has 0 saturated heterocycles. The molecule has 0 aliphatic carbocycles. The van der Waals surface area contributed by atoms with Gasteiger partial charge in [-0.2, -0.15) is 5.10 Å². The van der Waals surface area contributed by atoms with Crippen LogP contribution in [-0.2, 0) is 0 Å². The molecule has 0 bridgehead atoms. The first-order chi connectivity index (χ1) is 3.39. The Morgan fingerprint density at radius 3 is 3.00 bits per heavy atom. The highest BCUT2D eigenvalue weighted by molar-refractivity contribution is 5.82. The number of aliphatic imine (C=N–C) groups is 1. The topological polar surface area (TPSA) is 62.8 Å². The average molecular weight is 98.1 g/mol. The Kier molecular flexibility index (Phi) is 0.934.